The fourth-order valence-electron chi connectivity index (χ4n) is 3.74. The van der Waals surface area contributed by atoms with Crippen molar-refractivity contribution in [2.45, 2.75) is 59.0 Å². The standard InChI is InChI=1S/C26H33ClN4O4/c1-16(2)18-6-8-21(20(14-18)24(33)30-22-9-7-19(27)15-28-22)29-23(32)17-10-12-31(13-11-17)25(34)35-26(3,4)5/h6-9,14-17H,10-13H2,1-5H3,(H,29,32)(H,28,30,33). The third kappa shape index (κ3) is 7.42. The van der Waals surface area contributed by atoms with Crippen molar-refractivity contribution in [1.29, 1.82) is 0 Å². The number of likely N-dealkylation sites (tertiary alicyclic amines) is 1. The monoisotopic (exact) mass is 500 g/mol. The first-order valence-corrected chi connectivity index (χ1v) is 12.2. The van der Waals surface area contributed by atoms with Crippen LogP contribution < -0.4 is 10.6 Å². The van der Waals surface area contributed by atoms with Gasteiger partial charge in [-0.15, -0.1) is 0 Å². The Kier molecular flexibility index (Phi) is 8.38. The van der Waals surface area contributed by atoms with E-state index in [9.17, 15) is 14.4 Å². The lowest BCUT2D eigenvalue weighted by molar-refractivity contribution is -0.121. The molecule has 1 fully saturated rings. The second-order valence-corrected chi connectivity index (χ2v) is 10.4. The minimum Gasteiger partial charge on any atom is -0.444 e. The molecule has 3 amide bonds. The Morgan fingerprint density at radius 1 is 1.09 bits per heavy atom. The lowest BCUT2D eigenvalue weighted by atomic mass is 9.95. The highest BCUT2D eigenvalue weighted by Crippen LogP contribution is 2.26. The molecule has 1 aliphatic heterocycles. The third-order valence-electron chi connectivity index (χ3n) is 5.70. The second kappa shape index (κ2) is 11.1. The topological polar surface area (TPSA) is 101 Å². The summed E-state index contributed by atoms with van der Waals surface area (Å²) in [6.45, 7) is 10.4. The molecule has 2 heterocycles. The van der Waals surface area contributed by atoms with Crippen molar-refractivity contribution in [2.75, 3.05) is 23.7 Å². The van der Waals surface area contributed by atoms with Crippen LogP contribution in [0.5, 0.6) is 0 Å². The van der Waals surface area contributed by atoms with Crippen molar-refractivity contribution >= 4 is 41.0 Å². The molecule has 0 saturated carbocycles. The molecule has 2 aromatic rings. The van der Waals surface area contributed by atoms with E-state index in [1.54, 1.807) is 29.2 Å². The summed E-state index contributed by atoms with van der Waals surface area (Å²) in [5, 5.41) is 6.16. The van der Waals surface area contributed by atoms with Gasteiger partial charge in [0.15, 0.2) is 0 Å². The molecule has 1 aromatic heterocycles. The van der Waals surface area contributed by atoms with Gasteiger partial charge in [-0.3, -0.25) is 9.59 Å². The van der Waals surface area contributed by atoms with Crippen LogP contribution >= 0.6 is 11.6 Å². The summed E-state index contributed by atoms with van der Waals surface area (Å²) < 4.78 is 5.43. The van der Waals surface area contributed by atoms with Crippen LogP contribution in [-0.4, -0.2) is 46.5 Å². The number of hydrogen-bond donors (Lipinski definition) is 2. The second-order valence-electron chi connectivity index (χ2n) is 10.0. The molecule has 0 aliphatic carbocycles. The Morgan fingerprint density at radius 2 is 1.77 bits per heavy atom. The number of anilines is 2. The smallest absolute Gasteiger partial charge is 0.410 e. The molecule has 3 rings (SSSR count). The third-order valence-corrected chi connectivity index (χ3v) is 5.92. The molecule has 0 radical (unpaired) electrons. The van der Waals surface area contributed by atoms with Crippen LogP contribution in [-0.2, 0) is 9.53 Å². The molecule has 0 atom stereocenters. The molecule has 188 valence electrons. The molecule has 9 heteroatoms. The lowest BCUT2D eigenvalue weighted by Crippen LogP contribution is -2.43. The molecule has 0 bridgehead atoms. The van der Waals surface area contributed by atoms with Gasteiger partial charge in [-0.05, 0) is 69.4 Å². The summed E-state index contributed by atoms with van der Waals surface area (Å²) in [7, 11) is 0. The van der Waals surface area contributed by atoms with Gasteiger partial charge in [-0.1, -0.05) is 31.5 Å². The summed E-state index contributed by atoms with van der Waals surface area (Å²) in [6.07, 6.45) is 2.13. The summed E-state index contributed by atoms with van der Waals surface area (Å²) >= 11 is 5.88. The van der Waals surface area contributed by atoms with Crippen LogP contribution in [0, 0.1) is 5.92 Å². The first kappa shape index (κ1) is 26.5. The number of nitrogens with zero attached hydrogens (tertiary/aromatic N) is 2. The Labute approximate surface area is 211 Å². The number of ether oxygens (including phenoxy) is 1. The number of benzene rings is 1. The van der Waals surface area contributed by atoms with E-state index >= 15 is 0 Å². The van der Waals surface area contributed by atoms with Crippen LogP contribution in [0.3, 0.4) is 0 Å². The van der Waals surface area contributed by atoms with Gasteiger partial charge in [-0.2, -0.15) is 0 Å². The van der Waals surface area contributed by atoms with Gasteiger partial charge >= 0.3 is 6.09 Å². The number of piperidine rings is 1. The zero-order valence-electron chi connectivity index (χ0n) is 20.9. The molecule has 35 heavy (non-hydrogen) atoms. The Hall–Kier alpha value is -3.13. The molecule has 0 spiro atoms. The van der Waals surface area contributed by atoms with Crippen molar-refractivity contribution in [2.24, 2.45) is 5.92 Å². The number of nitrogens with one attached hydrogen (secondary N) is 2. The minimum atomic E-state index is -0.564. The zero-order valence-corrected chi connectivity index (χ0v) is 21.6. The van der Waals surface area contributed by atoms with E-state index in [1.807, 2.05) is 40.7 Å². The molecule has 1 saturated heterocycles. The number of carbonyl (C=O) groups is 3. The van der Waals surface area contributed by atoms with Crippen molar-refractivity contribution in [3.63, 3.8) is 0 Å². The van der Waals surface area contributed by atoms with E-state index in [0.717, 1.165) is 5.56 Å². The predicted molar refractivity (Wildman–Crippen MR) is 137 cm³/mol. The maximum atomic E-state index is 13.1. The minimum absolute atomic E-state index is 0.176. The normalized spacial score (nSPS) is 14.5. The summed E-state index contributed by atoms with van der Waals surface area (Å²) in [5.41, 5.74) is 1.20. The average molecular weight is 501 g/mol. The van der Waals surface area contributed by atoms with E-state index in [0.29, 0.717) is 48.0 Å². The quantitative estimate of drug-likeness (QED) is 0.548. The van der Waals surface area contributed by atoms with Crippen molar-refractivity contribution in [1.82, 2.24) is 9.88 Å². The van der Waals surface area contributed by atoms with Crippen molar-refractivity contribution in [3.05, 3.63) is 52.7 Å². The van der Waals surface area contributed by atoms with Gasteiger partial charge in [-0.25, -0.2) is 9.78 Å². The molecule has 1 aliphatic rings. The maximum Gasteiger partial charge on any atom is 0.410 e. The number of pyridine rings is 1. The summed E-state index contributed by atoms with van der Waals surface area (Å²) in [6, 6.07) is 8.71. The zero-order chi connectivity index (χ0) is 25.8. The SMILES string of the molecule is CC(C)c1ccc(NC(=O)C2CCN(C(=O)OC(C)(C)C)CC2)c(C(=O)Nc2ccc(Cl)cn2)c1. The Bertz CT molecular complexity index is 1070. The average Bonchev–Trinajstić information content (AvgIpc) is 2.79. The van der Waals surface area contributed by atoms with E-state index in [-0.39, 0.29) is 29.7 Å². The summed E-state index contributed by atoms with van der Waals surface area (Å²) in [5.74, 6) is -0.257. The van der Waals surface area contributed by atoms with Crippen molar-refractivity contribution in [3.8, 4) is 0 Å². The van der Waals surface area contributed by atoms with Gasteiger partial charge in [0.05, 0.1) is 16.3 Å². The van der Waals surface area contributed by atoms with Gasteiger partial charge < -0.3 is 20.3 Å². The van der Waals surface area contributed by atoms with Gasteiger partial charge in [0.25, 0.3) is 5.91 Å². The summed E-state index contributed by atoms with van der Waals surface area (Å²) in [4.78, 5) is 44.2. The highest BCUT2D eigenvalue weighted by atomic mass is 35.5. The van der Waals surface area contributed by atoms with E-state index in [4.69, 9.17) is 16.3 Å². The van der Waals surface area contributed by atoms with E-state index < -0.39 is 5.60 Å². The molecule has 8 nitrogen and oxygen atoms in total. The Morgan fingerprint density at radius 3 is 2.34 bits per heavy atom. The van der Waals surface area contributed by atoms with Crippen LogP contribution in [0.1, 0.15) is 69.3 Å². The predicted octanol–water partition coefficient (Wildman–Crippen LogP) is 5.70. The van der Waals surface area contributed by atoms with Crippen molar-refractivity contribution < 1.29 is 19.1 Å². The number of aromatic nitrogens is 1. The fraction of sp³-hybridized carbons (Fsp3) is 0.462. The number of hydrogen-bond acceptors (Lipinski definition) is 5. The molecule has 0 unspecified atom stereocenters. The number of halogens is 1. The van der Waals surface area contributed by atoms with Gasteiger partial charge in [0.1, 0.15) is 11.4 Å². The number of carbonyl (C=O) groups excluding carboxylic acids is 3. The van der Waals surface area contributed by atoms with Crippen LogP contribution in [0.2, 0.25) is 5.02 Å². The molecule has 2 N–H and O–H groups in total. The van der Waals surface area contributed by atoms with Gasteiger partial charge in [0, 0.05) is 25.2 Å². The fourth-order valence-corrected chi connectivity index (χ4v) is 3.85. The molecular weight excluding hydrogens is 468 g/mol. The van der Waals surface area contributed by atoms with E-state index in [2.05, 4.69) is 15.6 Å². The van der Waals surface area contributed by atoms with Crippen LogP contribution in [0.25, 0.3) is 0 Å². The first-order chi connectivity index (χ1) is 16.4. The highest BCUT2D eigenvalue weighted by molar-refractivity contribution is 6.30. The highest BCUT2D eigenvalue weighted by Gasteiger charge is 2.30. The van der Waals surface area contributed by atoms with Crippen LogP contribution in [0.4, 0.5) is 16.3 Å². The lowest BCUT2D eigenvalue weighted by Gasteiger charge is -2.33. The first-order valence-electron chi connectivity index (χ1n) is 11.8. The number of amides is 3. The largest absolute Gasteiger partial charge is 0.444 e. The van der Waals surface area contributed by atoms with Gasteiger partial charge in [0.2, 0.25) is 5.91 Å². The molecule has 1 aromatic carbocycles. The van der Waals surface area contributed by atoms with E-state index in [1.165, 1.54) is 6.20 Å². The maximum absolute atomic E-state index is 13.1. The van der Waals surface area contributed by atoms with Crippen LogP contribution in [0.15, 0.2) is 36.5 Å². The molecular formula is C26H33ClN4O4. The number of rotatable bonds is 5. The Balaban J connectivity index is 1.70.